The minimum absolute atomic E-state index is 0.157. The summed E-state index contributed by atoms with van der Waals surface area (Å²) in [5.74, 6) is -0.735. The highest BCUT2D eigenvalue weighted by Crippen LogP contribution is 2.30. The van der Waals surface area contributed by atoms with E-state index < -0.39 is 16.0 Å². The highest BCUT2D eigenvalue weighted by molar-refractivity contribution is 7.89. The van der Waals surface area contributed by atoms with Crippen LogP contribution >= 0.6 is 0 Å². The van der Waals surface area contributed by atoms with Gasteiger partial charge in [0, 0.05) is 33.4 Å². The standard InChI is InChI=1S/C19H26N4O4S/c1-4-27-19(24)15(13-20)14-21-17-12-16(8-9-18(17)22(2)3)28(25,26)23-10-6-5-7-11-23/h8-9,12,14,21H,4-7,10-11H2,1-3H3/b15-14+. The first-order valence-corrected chi connectivity index (χ1v) is 10.6. The number of nitrogens with zero attached hydrogens (tertiary/aromatic N) is 3. The molecule has 1 N–H and O–H groups in total. The van der Waals surface area contributed by atoms with Gasteiger partial charge in [-0.05, 0) is 38.0 Å². The number of nitrogens with one attached hydrogen (secondary N) is 1. The number of piperidine rings is 1. The molecule has 1 aromatic carbocycles. The molecule has 1 aromatic rings. The average Bonchev–Trinajstić information content (AvgIpc) is 2.69. The summed E-state index contributed by atoms with van der Waals surface area (Å²) in [5, 5.41) is 12.1. The van der Waals surface area contributed by atoms with Crippen LogP contribution in [0.4, 0.5) is 11.4 Å². The van der Waals surface area contributed by atoms with Crippen molar-refractivity contribution in [2.24, 2.45) is 0 Å². The summed E-state index contributed by atoms with van der Waals surface area (Å²) in [6.07, 6.45) is 3.98. The van der Waals surface area contributed by atoms with E-state index in [0.29, 0.717) is 18.8 Å². The van der Waals surface area contributed by atoms with Gasteiger partial charge in [-0.15, -0.1) is 0 Å². The van der Waals surface area contributed by atoms with Crippen molar-refractivity contribution in [3.63, 3.8) is 0 Å². The second-order valence-corrected chi connectivity index (χ2v) is 8.51. The molecular weight excluding hydrogens is 380 g/mol. The SMILES string of the molecule is CCOC(=O)/C(C#N)=C/Nc1cc(S(=O)(=O)N2CCCCC2)ccc1N(C)C. The largest absolute Gasteiger partial charge is 0.462 e. The molecular formula is C19H26N4O4S. The van der Waals surface area contributed by atoms with Crippen LogP contribution in [0.25, 0.3) is 0 Å². The Morgan fingerprint density at radius 1 is 1.32 bits per heavy atom. The minimum atomic E-state index is -3.60. The zero-order valence-corrected chi connectivity index (χ0v) is 17.3. The van der Waals surface area contributed by atoms with E-state index in [-0.39, 0.29) is 17.1 Å². The van der Waals surface area contributed by atoms with E-state index in [4.69, 9.17) is 10.00 Å². The molecule has 1 aliphatic heterocycles. The molecule has 0 saturated carbocycles. The minimum Gasteiger partial charge on any atom is -0.462 e. The van der Waals surface area contributed by atoms with Gasteiger partial charge in [0.2, 0.25) is 10.0 Å². The molecule has 0 radical (unpaired) electrons. The third kappa shape index (κ3) is 5.03. The van der Waals surface area contributed by atoms with Crippen LogP contribution in [0.1, 0.15) is 26.2 Å². The second-order valence-electron chi connectivity index (χ2n) is 6.57. The average molecular weight is 407 g/mol. The Bertz CT molecular complexity index is 882. The van der Waals surface area contributed by atoms with Crippen molar-refractivity contribution < 1.29 is 17.9 Å². The first kappa shape index (κ1) is 21.7. The molecule has 0 spiro atoms. The monoisotopic (exact) mass is 406 g/mol. The summed E-state index contributed by atoms with van der Waals surface area (Å²) in [5.41, 5.74) is 0.992. The molecule has 0 amide bonds. The number of esters is 1. The summed E-state index contributed by atoms with van der Waals surface area (Å²) in [6, 6.07) is 6.58. The van der Waals surface area contributed by atoms with Gasteiger partial charge in [-0.25, -0.2) is 13.2 Å². The van der Waals surface area contributed by atoms with Crippen molar-refractivity contribution in [2.45, 2.75) is 31.1 Å². The Hall–Kier alpha value is -2.57. The molecule has 2 rings (SSSR count). The second kappa shape index (κ2) is 9.57. The molecule has 8 nitrogen and oxygen atoms in total. The predicted molar refractivity (Wildman–Crippen MR) is 107 cm³/mol. The lowest BCUT2D eigenvalue weighted by molar-refractivity contribution is -0.138. The number of ether oxygens (including phenoxy) is 1. The van der Waals surface area contributed by atoms with Gasteiger partial charge in [0.05, 0.1) is 22.9 Å². The number of hydrogen-bond donors (Lipinski definition) is 1. The fourth-order valence-electron chi connectivity index (χ4n) is 2.93. The van der Waals surface area contributed by atoms with Gasteiger partial charge in [-0.1, -0.05) is 6.42 Å². The molecule has 28 heavy (non-hydrogen) atoms. The Morgan fingerprint density at radius 2 is 2.00 bits per heavy atom. The molecule has 0 bridgehead atoms. The summed E-state index contributed by atoms with van der Waals surface area (Å²) >= 11 is 0. The van der Waals surface area contributed by atoms with E-state index in [1.807, 2.05) is 19.0 Å². The van der Waals surface area contributed by atoms with Crippen molar-refractivity contribution in [2.75, 3.05) is 44.0 Å². The molecule has 0 aliphatic carbocycles. The maximum absolute atomic E-state index is 13.0. The molecule has 0 aromatic heterocycles. The fraction of sp³-hybridized carbons (Fsp3) is 0.474. The normalized spacial score (nSPS) is 15.6. The highest BCUT2D eigenvalue weighted by Gasteiger charge is 2.26. The lowest BCUT2D eigenvalue weighted by atomic mass is 10.2. The number of anilines is 2. The zero-order valence-electron chi connectivity index (χ0n) is 16.4. The summed E-state index contributed by atoms with van der Waals surface area (Å²) in [4.78, 5) is 13.8. The number of rotatable bonds is 7. The predicted octanol–water partition coefficient (Wildman–Crippen LogP) is 2.31. The Labute approximate surface area is 166 Å². The summed E-state index contributed by atoms with van der Waals surface area (Å²) in [6.45, 7) is 2.84. The van der Waals surface area contributed by atoms with Crippen molar-refractivity contribution in [3.8, 4) is 6.07 Å². The van der Waals surface area contributed by atoms with Gasteiger partial charge in [-0.3, -0.25) is 0 Å². The van der Waals surface area contributed by atoms with E-state index in [2.05, 4.69) is 5.32 Å². The number of carbonyl (C=O) groups excluding carboxylic acids is 1. The van der Waals surface area contributed by atoms with Crippen LogP contribution in [0, 0.1) is 11.3 Å². The Morgan fingerprint density at radius 3 is 2.57 bits per heavy atom. The quantitative estimate of drug-likeness (QED) is 0.421. The smallest absolute Gasteiger partial charge is 0.350 e. The topological polar surface area (TPSA) is 103 Å². The van der Waals surface area contributed by atoms with Crippen molar-refractivity contribution in [1.82, 2.24) is 4.31 Å². The van der Waals surface area contributed by atoms with E-state index in [0.717, 1.165) is 24.9 Å². The fourth-order valence-corrected chi connectivity index (χ4v) is 4.47. The van der Waals surface area contributed by atoms with Crippen molar-refractivity contribution in [1.29, 1.82) is 5.26 Å². The van der Waals surface area contributed by atoms with Gasteiger partial charge in [-0.2, -0.15) is 9.57 Å². The molecule has 1 heterocycles. The van der Waals surface area contributed by atoms with Crippen LogP contribution in [-0.2, 0) is 19.6 Å². The Balaban J connectivity index is 2.38. The van der Waals surface area contributed by atoms with Gasteiger partial charge in [0.25, 0.3) is 0 Å². The molecule has 0 unspecified atom stereocenters. The summed E-state index contributed by atoms with van der Waals surface area (Å²) < 4.78 is 32.2. The van der Waals surface area contributed by atoms with E-state index in [1.54, 1.807) is 25.1 Å². The van der Waals surface area contributed by atoms with Gasteiger partial charge in [0.15, 0.2) is 5.57 Å². The van der Waals surface area contributed by atoms with E-state index >= 15 is 0 Å². The van der Waals surface area contributed by atoms with Crippen molar-refractivity contribution >= 4 is 27.4 Å². The van der Waals surface area contributed by atoms with Gasteiger partial charge < -0.3 is 15.0 Å². The van der Waals surface area contributed by atoms with Crippen molar-refractivity contribution in [3.05, 3.63) is 30.0 Å². The lowest BCUT2D eigenvalue weighted by Gasteiger charge is -2.26. The number of benzene rings is 1. The first-order valence-electron chi connectivity index (χ1n) is 9.16. The van der Waals surface area contributed by atoms with Gasteiger partial charge in [0.1, 0.15) is 6.07 Å². The van der Waals surface area contributed by atoms with E-state index in [9.17, 15) is 13.2 Å². The van der Waals surface area contributed by atoms with Crippen LogP contribution in [-0.4, -0.2) is 52.5 Å². The molecule has 1 saturated heterocycles. The number of nitriles is 1. The number of carbonyl (C=O) groups is 1. The maximum atomic E-state index is 13.0. The van der Waals surface area contributed by atoms with Crippen LogP contribution in [0.2, 0.25) is 0 Å². The maximum Gasteiger partial charge on any atom is 0.350 e. The lowest BCUT2D eigenvalue weighted by Crippen LogP contribution is -2.35. The van der Waals surface area contributed by atoms with Crippen LogP contribution in [0.3, 0.4) is 0 Å². The molecule has 1 aliphatic rings. The first-order chi connectivity index (χ1) is 13.3. The number of sulfonamides is 1. The van der Waals surface area contributed by atoms with Crippen LogP contribution in [0.5, 0.6) is 0 Å². The third-order valence-corrected chi connectivity index (χ3v) is 6.29. The Kier molecular flexibility index (Phi) is 7.43. The number of hydrogen-bond acceptors (Lipinski definition) is 7. The third-order valence-electron chi connectivity index (χ3n) is 4.39. The van der Waals surface area contributed by atoms with Gasteiger partial charge >= 0.3 is 5.97 Å². The molecule has 1 fully saturated rings. The van der Waals surface area contributed by atoms with Crippen LogP contribution in [0.15, 0.2) is 34.9 Å². The zero-order chi connectivity index (χ0) is 20.7. The molecule has 9 heteroatoms. The molecule has 152 valence electrons. The molecule has 0 atom stereocenters. The van der Waals surface area contributed by atoms with E-state index in [1.165, 1.54) is 16.6 Å². The van der Waals surface area contributed by atoms with Crippen LogP contribution < -0.4 is 10.2 Å². The highest BCUT2D eigenvalue weighted by atomic mass is 32.2. The summed E-state index contributed by atoms with van der Waals surface area (Å²) in [7, 11) is 0.0395.